The lowest BCUT2D eigenvalue weighted by molar-refractivity contribution is 0.547. The third kappa shape index (κ3) is 3.36. The van der Waals surface area contributed by atoms with Gasteiger partial charge >= 0.3 is 0 Å². The van der Waals surface area contributed by atoms with Crippen LogP contribution in [0.1, 0.15) is 0 Å². The fraction of sp³-hybridized carbons (Fsp3) is 0. The first kappa shape index (κ1) is 23.3. The molecule has 0 radical (unpaired) electrons. The molecule has 190 valence electrons. The molecule has 7 heteroatoms. The first-order valence-corrected chi connectivity index (χ1v) is 12.0. The van der Waals surface area contributed by atoms with Crippen molar-refractivity contribution < 1.29 is 26.3 Å². The molecule has 7 rings (SSSR count). The molecule has 0 aliphatic heterocycles. The summed E-state index contributed by atoms with van der Waals surface area (Å²) in [6, 6.07) is 21.7. The van der Waals surface area contributed by atoms with E-state index < -0.39 is 34.9 Å². The first-order valence-electron chi connectivity index (χ1n) is 12.0. The molecule has 0 aliphatic carbocycles. The molecular formula is C32H15F6N. The van der Waals surface area contributed by atoms with Gasteiger partial charge in [0.05, 0.1) is 22.2 Å². The molecule has 0 unspecified atom stereocenters. The Morgan fingerprint density at radius 2 is 0.846 bits per heavy atom. The molecule has 1 heterocycles. The standard InChI is InChI=1S/C32H15F6N/c33-16-12-23(35)29(24(36)13-16)19-8-10-27-31-21(19)6-7-22-20(30-25(37)14-17(34)15-26(30)38)9-11-28(32(22)31)39(27)18-4-2-1-3-5-18/h1-15H. The van der Waals surface area contributed by atoms with Gasteiger partial charge in [0.25, 0.3) is 0 Å². The van der Waals surface area contributed by atoms with E-state index in [0.717, 1.165) is 5.69 Å². The van der Waals surface area contributed by atoms with Crippen molar-refractivity contribution in [2.75, 3.05) is 0 Å². The van der Waals surface area contributed by atoms with Crippen LogP contribution in [-0.2, 0) is 0 Å². The van der Waals surface area contributed by atoms with Gasteiger partial charge in [0.15, 0.2) is 0 Å². The number of hydrogen-bond donors (Lipinski definition) is 0. The zero-order chi connectivity index (χ0) is 27.0. The average molecular weight is 527 g/mol. The van der Waals surface area contributed by atoms with Crippen molar-refractivity contribution in [3.05, 3.63) is 126 Å². The topological polar surface area (TPSA) is 4.93 Å². The Balaban J connectivity index is 1.65. The first-order chi connectivity index (χ1) is 18.8. The molecule has 1 aromatic heterocycles. The van der Waals surface area contributed by atoms with Crippen LogP contribution in [0.4, 0.5) is 26.3 Å². The predicted molar refractivity (Wildman–Crippen MR) is 140 cm³/mol. The van der Waals surface area contributed by atoms with Gasteiger partial charge in [0, 0.05) is 40.7 Å². The summed E-state index contributed by atoms with van der Waals surface area (Å²) in [5.74, 6) is -6.27. The monoisotopic (exact) mass is 527 g/mol. The highest BCUT2D eigenvalue weighted by molar-refractivity contribution is 6.28. The summed E-state index contributed by atoms with van der Waals surface area (Å²) in [7, 11) is 0. The Hall–Kier alpha value is -4.78. The second-order valence-electron chi connectivity index (χ2n) is 9.34. The summed E-state index contributed by atoms with van der Waals surface area (Å²) in [6.45, 7) is 0. The van der Waals surface area contributed by atoms with Gasteiger partial charge in [-0.05, 0) is 46.2 Å². The van der Waals surface area contributed by atoms with Gasteiger partial charge in [-0.3, -0.25) is 0 Å². The zero-order valence-electron chi connectivity index (χ0n) is 19.9. The lowest BCUT2D eigenvalue weighted by Crippen LogP contribution is -1.95. The molecule has 0 fully saturated rings. The van der Waals surface area contributed by atoms with Gasteiger partial charge in [-0.2, -0.15) is 0 Å². The molecular weight excluding hydrogens is 512 g/mol. The van der Waals surface area contributed by atoms with Crippen LogP contribution < -0.4 is 0 Å². The molecule has 0 atom stereocenters. The Bertz CT molecular complexity index is 1900. The predicted octanol–water partition coefficient (Wildman–Crippen LogP) is 9.54. The number of aromatic nitrogens is 1. The van der Waals surface area contributed by atoms with Gasteiger partial charge in [-0.1, -0.05) is 42.5 Å². The molecule has 6 aromatic carbocycles. The van der Waals surface area contributed by atoms with Crippen LogP contribution in [0, 0.1) is 34.9 Å². The van der Waals surface area contributed by atoms with E-state index in [4.69, 9.17) is 0 Å². The van der Waals surface area contributed by atoms with Crippen LogP contribution >= 0.6 is 0 Å². The number of hydrogen-bond acceptors (Lipinski definition) is 0. The number of rotatable bonds is 3. The maximum atomic E-state index is 14.9. The van der Waals surface area contributed by atoms with E-state index in [9.17, 15) is 26.3 Å². The van der Waals surface area contributed by atoms with Gasteiger partial charge in [-0.25, -0.2) is 26.3 Å². The van der Waals surface area contributed by atoms with Crippen molar-refractivity contribution in [3.63, 3.8) is 0 Å². The molecule has 0 spiro atoms. The summed E-state index contributed by atoms with van der Waals surface area (Å²) in [6.07, 6.45) is 0. The summed E-state index contributed by atoms with van der Waals surface area (Å²) in [5, 5.41) is 2.16. The van der Waals surface area contributed by atoms with Crippen molar-refractivity contribution >= 4 is 32.6 Å². The normalized spacial score (nSPS) is 11.8. The lowest BCUT2D eigenvalue weighted by Gasteiger charge is -2.13. The minimum atomic E-state index is -1.05. The van der Waals surface area contributed by atoms with E-state index in [1.807, 2.05) is 34.9 Å². The van der Waals surface area contributed by atoms with Crippen LogP contribution in [0.2, 0.25) is 0 Å². The molecule has 1 nitrogen and oxygen atoms in total. The van der Waals surface area contributed by atoms with Crippen LogP contribution in [0.15, 0.2) is 91.0 Å². The molecule has 0 amide bonds. The molecule has 0 saturated heterocycles. The maximum absolute atomic E-state index is 14.9. The summed E-state index contributed by atoms with van der Waals surface area (Å²) < 4.78 is 88.9. The highest BCUT2D eigenvalue weighted by atomic mass is 19.2. The van der Waals surface area contributed by atoms with Gasteiger partial charge in [0.2, 0.25) is 0 Å². The Morgan fingerprint density at radius 1 is 0.436 bits per heavy atom. The van der Waals surface area contributed by atoms with E-state index in [1.54, 1.807) is 36.4 Å². The van der Waals surface area contributed by atoms with E-state index in [0.29, 0.717) is 56.8 Å². The van der Waals surface area contributed by atoms with Crippen LogP contribution in [0.25, 0.3) is 60.5 Å². The average Bonchev–Trinajstić information content (AvgIpc) is 3.23. The largest absolute Gasteiger partial charge is 0.309 e. The summed E-state index contributed by atoms with van der Waals surface area (Å²) in [4.78, 5) is 0. The van der Waals surface area contributed by atoms with E-state index >= 15 is 0 Å². The van der Waals surface area contributed by atoms with E-state index in [1.165, 1.54) is 0 Å². The second-order valence-corrected chi connectivity index (χ2v) is 9.34. The summed E-state index contributed by atoms with van der Waals surface area (Å²) >= 11 is 0. The smallest absolute Gasteiger partial charge is 0.136 e. The van der Waals surface area contributed by atoms with E-state index in [-0.39, 0.29) is 22.3 Å². The summed E-state index contributed by atoms with van der Waals surface area (Å²) in [5.41, 5.74) is 1.84. The Labute approximate surface area is 217 Å². The maximum Gasteiger partial charge on any atom is 0.136 e. The number of nitrogens with zero attached hydrogens (tertiary/aromatic N) is 1. The lowest BCUT2D eigenvalue weighted by atomic mass is 9.91. The fourth-order valence-electron chi connectivity index (χ4n) is 5.65. The number of halogens is 6. The quantitative estimate of drug-likeness (QED) is 0.159. The Kier molecular flexibility index (Phi) is 5.01. The van der Waals surface area contributed by atoms with Crippen LogP contribution in [0.5, 0.6) is 0 Å². The molecule has 0 saturated carbocycles. The van der Waals surface area contributed by atoms with Crippen LogP contribution in [-0.4, -0.2) is 4.57 Å². The Morgan fingerprint density at radius 3 is 1.26 bits per heavy atom. The number of para-hydroxylation sites is 1. The van der Waals surface area contributed by atoms with Gasteiger partial charge in [-0.15, -0.1) is 0 Å². The molecule has 0 bridgehead atoms. The molecule has 39 heavy (non-hydrogen) atoms. The second kappa shape index (κ2) is 8.36. The third-order valence-corrected chi connectivity index (χ3v) is 7.16. The minimum Gasteiger partial charge on any atom is -0.309 e. The van der Waals surface area contributed by atoms with Crippen LogP contribution in [0.3, 0.4) is 0 Å². The molecule has 0 aliphatic rings. The number of benzene rings is 6. The van der Waals surface area contributed by atoms with Gasteiger partial charge in [0.1, 0.15) is 34.9 Å². The third-order valence-electron chi connectivity index (χ3n) is 7.16. The van der Waals surface area contributed by atoms with Crippen molar-refractivity contribution in [1.29, 1.82) is 0 Å². The minimum absolute atomic E-state index is 0.205. The van der Waals surface area contributed by atoms with Crippen molar-refractivity contribution in [1.82, 2.24) is 4.57 Å². The fourth-order valence-corrected chi connectivity index (χ4v) is 5.65. The van der Waals surface area contributed by atoms with E-state index in [2.05, 4.69) is 0 Å². The van der Waals surface area contributed by atoms with Gasteiger partial charge < -0.3 is 4.57 Å². The zero-order valence-corrected chi connectivity index (χ0v) is 19.9. The highest BCUT2D eigenvalue weighted by Crippen LogP contribution is 2.46. The highest BCUT2D eigenvalue weighted by Gasteiger charge is 2.25. The van der Waals surface area contributed by atoms with Crippen molar-refractivity contribution in [2.45, 2.75) is 0 Å². The van der Waals surface area contributed by atoms with Crippen molar-refractivity contribution in [3.8, 4) is 27.9 Å². The van der Waals surface area contributed by atoms with Crippen molar-refractivity contribution in [2.24, 2.45) is 0 Å². The SMILES string of the molecule is Fc1cc(F)c(-c2ccc3c4c2ccc2c(-c5c(F)cc(F)cc5F)ccc(c24)n3-c2ccccc2)c(F)c1. The molecule has 0 N–H and O–H groups in total. The molecule has 7 aromatic rings.